The van der Waals surface area contributed by atoms with E-state index in [-0.39, 0.29) is 11.5 Å². The van der Waals surface area contributed by atoms with Crippen LogP contribution in [0, 0.1) is 6.92 Å². The molecule has 0 spiro atoms. The van der Waals surface area contributed by atoms with E-state index in [9.17, 15) is 13.2 Å². The molecule has 0 saturated heterocycles. The summed E-state index contributed by atoms with van der Waals surface area (Å²) in [6.45, 7) is 5.32. The summed E-state index contributed by atoms with van der Waals surface area (Å²) in [5.41, 5.74) is 1.28. The molecule has 124 valence electrons. The Morgan fingerprint density at radius 3 is 2.48 bits per heavy atom. The van der Waals surface area contributed by atoms with Gasteiger partial charge in [0.25, 0.3) is 0 Å². The third-order valence-electron chi connectivity index (χ3n) is 3.56. The van der Waals surface area contributed by atoms with Crippen LogP contribution in [0.3, 0.4) is 0 Å². The van der Waals surface area contributed by atoms with Gasteiger partial charge in [0.15, 0.2) is 15.6 Å². The van der Waals surface area contributed by atoms with E-state index in [2.05, 4.69) is 5.16 Å². The Morgan fingerprint density at radius 2 is 1.96 bits per heavy atom. The highest BCUT2D eigenvalue weighted by Gasteiger charge is 2.32. The fourth-order valence-electron chi connectivity index (χ4n) is 2.25. The van der Waals surface area contributed by atoms with Crippen molar-refractivity contribution in [2.24, 2.45) is 0 Å². The molecule has 1 aromatic carbocycles. The van der Waals surface area contributed by atoms with Crippen molar-refractivity contribution in [3.8, 4) is 0 Å². The Bertz CT molecular complexity index is 768. The average Bonchev–Trinajstić information content (AvgIpc) is 2.92. The summed E-state index contributed by atoms with van der Waals surface area (Å²) >= 11 is 0. The predicted octanol–water partition coefficient (Wildman–Crippen LogP) is 2.34. The molecule has 0 fully saturated rings. The Kier molecular flexibility index (Phi) is 5.20. The van der Waals surface area contributed by atoms with E-state index in [0.717, 1.165) is 0 Å². The van der Waals surface area contributed by atoms with Gasteiger partial charge in [0.05, 0.1) is 5.69 Å². The van der Waals surface area contributed by atoms with Gasteiger partial charge >= 0.3 is 0 Å². The Hall–Kier alpha value is -2.15. The van der Waals surface area contributed by atoms with Crippen LogP contribution in [0.4, 0.5) is 5.69 Å². The summed E-state index contributed by atoms with van der Waals surface area (Å²) < 4.78 is 29.9. The minimum atomic E-state index is -3.69. The van der Waals surface area contributed by atoms with Crippen molar-refractivity contribution in [1.29, 1.82) is 0 Å². The summed E-state index contributed by atoms with van der Waals surface area (Å²) in [4.78, 5) is 14.1. The second-order valence-corrected chi connectivity index (χ2v) is 7.62. The Labute approximate surface area is 136 Å². The zero-order chi connectivity index (χ0) is 17.0. The van der Waals surface area contributed by atoms with Gasteiger partial charge in [0, 0.05) is 18.3 Å². The topological polar surface area (TPSA) is 80.5 Å². The van der Waals surface area contributed by atoms with Gasteiger partial charge in [-0.3, -0.25) is 4.79 Å². The molecule has 0 bridgehead atoms. The van der Waals surface area contributed by atoms with Gasteiger partial charge in [0.2, 0.25) is 5.91 Å². The number of hydrogen-bond donors (Lipinski definition) is 0. The summed E-state index contributed by atoms with van der Waals surface area (Å²) in [6, 6.07) is 10.6. The SMILES string of the molecule is CCN(C(=O)[C@H](C)S(=O)(=O)Cc1cc(C)no1)c1ccccc1. The lowest BCUT2D eigenvalue weighted by molar-refractivity contribution is -0.117. The molecule has 1 aromatic heterocycles. The molecule has 2 rings (SSSR count). The lowest BCUT2D eigenvalue weighted by Gasteiger charge is -2.24. The van der Waals surface area contributed by atoms with Crippen molar-refractivity contribution >= 4 is 21.4 Å². The number of benzene rings is 1. The lowest BCUT2D eigenvalue weighted by atomic mass is 10.2. The largest absolute Gasteiger partial charge is 0.360 e. The smallest absolute Gasteiger partial charge is 0.245 e. The van der Waals surface area contributed by atoms with Gasteiger partial charge < -0.3 is 9.42 Å². The molecule has 23 heavy (non-hydrogen) atoms. The second kappa shape index (κ2) is 6.95. The molecule has 0 aliphatic heterocycles. The van der Waals surface area contributed by atoms with Gasteiger partial charge in [-0.05, 0) is 32.9 Å². The first-order valence-electron chi connectivity index (χ1n) is 7.35. The number of amides is 1. The number of aryl methyl sites for hydroxylation is 1. The standard InChI is InChI=1S/C16H20N2O4S/c1-4-18(14-8-6-5-7-9-14)16(19)13(3)23(20,21)11-15-10-12(2)17-22-15/h5-10,13H,4,11H2,1-3H3/t13-/m0/s1. The molecular formula is C16H20N2O4S. The van der Waals surface area contributed by atoms with Gasteiger partial charge in [-0.1, -0.05) is 23.4 Å². The monoisotopic (exact) mass is 336 g/mol. The number of carbonyl (C=O) groups excluding carboxylic acids is 1. The van der Waals surface area contributed by atoms with Crippen LogP contribution in [0.25, 0.3) is 0 Å². The molecule has 0 aliphatic rings. The van der Waals surface area contributed by atoms with Crippen LogP contribution in [0.1, 0.15) is 25.3 Å². The highest BCUT2D eigenvalue weighted by Crippen LogP contribution is 2.19. The molecule has 0 unspecified atom stereocenters. The van der Waals surface area contributed by atoms with Crippen molar-refractivity contribution in [1.82, 2.24) is 5.16 Å². The van der Waals surface area contributed by atoms with E-state index in [1.807, 2.05) is 25.1 Å². The van der Waals surface area contributed by atoms with Crippen LogP contribution < -0.4 is 4.90 Å². The summed E-state index contributed by atoms with van der Waals surface area (Å²) in [5.74, 6) is -0.549. The second-order valence-electron chi connectivity index (χ2n) is 5.30. The number of para-hydroxylation sites is 1. The first kappa shape index (κ1) is 17.2. The van der Waals surface area contributed by atoms with Crippen molar-refractivity contribution in [2.75, 3.05) is 11.4 Å². The van der Waals surface area contributed by atoms with E-state index in [4.69, 9.17) is 4.52 Å². The van der Waals surface area contributed by atoms with E-state index in [1.54, 1.807) is 25.1 Å². The molecule has 1 atom stereocenters. The first-order valence-corrected chi connectivity index (χ1v) is 9.07. The van der Waals surface area contributed by atoms with Crippen LogP contribution in [0.15, 0.2) is 40.9 Å². The van der Waals surface area contributed by atoms with Gasteiger partial charge in [-0.15, -0.1) is 0 Å². The first-order chi connectivity index (χ1) is 10.8. The summed E-state index contributed by atoms with van der Waals surface area (Å²) in [5, 5.41) is 2.51. The van der Waals surface area contributed by atoms with Crippen LogP contribution >= 0.6 is 0 Å². The molecule has 1 heterocycles. The predicted molar refractivity (Wildman–Crippen MR) is 87.8 cm³/mol. The number of aromatic nitrogens is 1. The van der Waals surface area contributed by atoms with Crippen molar-refractivity contribution in [3.05, 3.63) is 47.9 Å². The Morgan fingerprint density at radius 1 is 1.30 bits per heavy atom. The van der Waals surface area contributed by atoms with E-state index < -0.39 is 21.0 Å². The highest BCUT2D eigenvalue weighted by atomic mass is 32.2. The lowest BCUT2D eigenvalue weighted by Crippen LogP contribution is -2.42. The third-order valence-corrected chi connectivity index (χ3v) is 5.52. The van der Waals surface area contributed by atoms with Crippen LogP contribution in [-0.2, 0) is 20.4 Å². The maximum atomic E-state index is 12.6. The quantitative estimate of drug-likeness (QED) is 0.809. The van der Waals surface area contributed by atoms with Crippen molar-refractivity contribution < 1.29 is 17.7 Å². The minimum absolute atomic E-state index is 0.241. The number of sulfone groups is 1. The minimum Gasteiger partial charge on any atom is -0.360 e. The molecular weight excluding hydrogens is 316 g/mol. The number of nitrogens with zero attached hydrogens (tertiary/aromatic N) is 2. The average molecular weight is 336 g/mol. The van der Waals surface area contributed by atoms with Crippen LogP contribution in [-0.4, -0.2) is 31.3 Å². The summed E-state index contributed by atoms with van der Waals surface area (Å²) in [6.07, 6.45) is 0. The van der Waals surface area contributed by atoms with Crippen molar-refractivity contribution in [3.63, 3.8) is 0 Å². The van der Waals surface area contributed by atoms with Gasteiger partial charge in [0.1, 0.15) is 11.0 Å². The van der Waals surface area contributed by atoms with E-state index in [1.165, 1.54) is 11.8 Å². The van der Waals surface area contributed by atoms with Crippen LogP contribution in [0.2, 0.25) is 0 Å². The number of carbonyl (C=O) groups is 1. The number of hydrogen-bond acceptors (Lipinski definition) is 5. The molecule has 0 aliphatic carbocycles. The molecule has 6 nitrogen and oxygen atoms in total. The zero-order valence-corrected chi connectivity index (χ0v) is 14.2. The van der Waals surface area contributed by atoms with Crippen molar-refractivity contribution in [2.45, 2.75) is 31.8 Å². The Balaban J connectivity index is 2.20. The summed E-state index contributed by atoms with van der Waals surface area (Å²) in [7, 11) is -3.69. The number of rotatable bonds is 6. The molecule has 1 amide bonds. The fourth-order valence-corrected chi connectivity index (χ4v) is 3.47. The molecule has 0 saturated carbocycles. The zero-order valence-electron chi connectivity index (χ0n) is 13.4. The molecule has 0 radical (unpaired) electrons. The van der Waals surface area contributed by atoms with Gasteiger partial charge in [-0.2, -0.15) is 0 Å². The van der Waals surface area contributed by atoms with Gasteiger partial charge in [-0.25, -0.2) is 8.42 Å². The number of anilines is 1. The maximum Gasteiger partial charge on any atom is 0.245 e. The maximum absolute atomic E-state index is 12.6. The van der Waals surface area contributed by atoms with E-state index >= 15 is 0 Å². The molecule has 7 heteroatoms. The normalized spacial score (nSPS) is 12.8. The fraction of sp³-hybridized carbons (Fsp3) is 0.375. The molecule has 2 aromatic rings. The molecule has 0 N–H and O–H groups in total. The third kappa shape index (κ3) is 3.98. The highest BCUT2D eigenvalue weighted by molar-refractivity contribution is 7.92. The van der Waals surface area contributed by atoms with Crippen LogP contribution in [0.5, 0.6) is 0 Å². The van der Waals surface area contributed by atoms with E-state index in [0.29, 0.717) is 17.9 Å².